The minimum atomic E-state index is 0.178. The Labute approximate surface area is 123 Å². The van der Waals surface area contributed by atoms with Crippen molar-refractivity contribution in [1.82, 2.24) is 5.32 Å². The van der Waals surface area contributed by atoms with Crippen molar-refractivity contribution >= 4 is 11.8 Å². The standard InChI is InChI=1S/C17H29NS/c1-13(2)9-10-19-16-8-7-15(14(3)11-16)12-18-17(4,5)6/h7-8,11,13,18H,9-10,12H2,1-6H3. The zero-order valence-electron chi connectivity index (χ0n) is 13.3. The van der Waals surface area contributed by atoms with Gasteiger partial charge in [0.2, 0.25) is 0 Å². The summed E-state index contributed by atoms with van der Waals surface area (Å²) >= 11 is 1.97. The topological polar surface area (TPSA) is 12.0 Å². The average Bonchev–Trinajstić information content (AvgIpc) is 2.26. The molecule has 0 saturated carbocycles. The van der Waals surface area contributed by atoms with Gasteiger partial charge in [-0.15, -0.1) is 11.8 Å². The highest BCUT2D eigenvalue weighted by molar-refractivity contribution is 7.99. The fourth-order valence-electron chi connectivity index (χ4n) is 1.73. The molecule has 1 aromatic rings. The Bertz CT molecular complexity index is 391. The molecule has 1 nitrogen and oxygen atoms in total. The largest absolute Gasteiger partial charge is 0.308 e. The third-order valence-electron chi connectivity index (χ3n) is 3.09. The van der Waals surface area contributed by atoms with Gasteiger partial charge in [-0.2, -0.15) is 0 Å². The zero-order valence-corrected chi connectivity index (χ0v) is 14.2. The van der Waals surface area contributed by atoms with Crippen molar-refractivity contribution < 1.29 is 0 Å². The molecule has 0 aliphatic carbocycles. The van der Waals surface area contributed by atoms with Gasteiger partial charge in [0, 0.05) is 17.0 Å². The first-order valence-corrected chi connectivity index (χ1v) is 8.24. The maximum absolute atomic E-state index is 3.55. The Morgan fingerprint density at radius 3 is 2.42 bits per heavy atom. The van der Waals surface area contributed by atoms with Crippen molar-refractivity contribution in [2.24, 2.45) is 5.92 Å². The summed E-state index contributed by atoms with van der Waals surface area (Å²) in [5, 5.41) is 3.55. The summed E-state index contributed by atoms with van der Waals surface area (Å²) in [6.07, 6.45) is 1.29. The molecule has 108 valence electrons. The van der Waals surface area contributed by atoms with Crippen molar-refractivity contribution in [3.63, 3.8) is 0 Å². The van der Waals surface area contributed by atoms with Crippen LogP contribution in [0, 0.1) is 12.8 Å². The van der Waals surface area contributed by atoms with Crippen LogP contribution in [0.3, 0.4) is 0 Å². The van der Waals surface area contributed by atoms with E-state index in [2.05, 4.69) is 65.1 Å². The van der Waals surface area contributed by atoms with Crippen LogP contribution in [0.2, 0.25) is 0 Å². The fourth-order valence-corrected chi connectivity index (χ4v) is 2.98. The van der Waals surface area contributed by atoms with Gasteiger partial charge >= 0.3 is 0 Å². The Morgan fingerprint density at radius 2 is 1.89 bits per heavy atom. The number of benzene rings is 1. The Morgan fingerprint density at radius 1 is 1.21 bits per heavy atom. The molecule has 0 aromatic heterocycles. The average molecular weight is 279 g/mol. The van der Waals surface area contributed by atoms with Crippen LogP contribution in [0.5, 0.6) is 0 Å². The maximum Gasteiger partial charge on any atom is 0.0212 e. The Balaban J connectivity index is 2.54. The van der Waals surface area contributed by atoms with E-state index >= 15 is 0 Å². The molecule has 0 aliphatic heterocycles. The molecular weight excluding hydrogens is 250 g/mol. The van der Waals surface area contributed by atoms with Crippen LogP contribution in [-0.2, 0) is 6.54 Å². The second-order valence-electron chi connectivity index (χ2n) is 6.72. The summed E-state index contributed by atoms with van der Waals surface area (Å²) in [4.78, 5) is 1.40. The number of thioether (sulfide) groups is 1. The quantitative estimate of drug-likeness (QED) is 0.734. The van der Waals surface area contributed by atoms with Crippen LogP contribution < -0.4 is 5.32 Å². The van der Waals surface area contributed by atoms with Gasteiger partial charge in [-0.25, -0.2) is 0 Å². The SMILES string of the molecule is Cc1cc(SCCC(C)C)ccc1CNC(C)(C)C. The predicted molar refractivity (Wildman–Crippen MR) is 88.0 cm³/mol. The normalized spacial score (nSPS) is 12.2. The maximum atomic E-state index is 3.55. The smallest absolute Gasteiger partial charge is 0.0212 e. The molecule has 0 bridgehead atoms. The van der Waals surface area contributed by atoms with E-state index in [0.717, 1.165) is 12.5 Å². The van der Waals surface area contributed by atoms with E-state index in [4.69, 9.17) is 0 Å². The van der Waals surface area contributed by atoms with Gasteiger partial charge in [-0.1, -0.05) is 19.9 Å². The molecule has 1 aromatic carbocycles. The number of hydrogen-bond donors (Lipinski definition) is 1. The molecule has 0 heterocycles. The molecule has 2 heteroatoms. The number of rotatable bonds is 6. The van der Waals surface area contributed by atoms with E-state index < -0.39 is 0 Å². The molecule has 0 fully saturated rings. The summed E-state index contributed by atoms with van der Waals surface area (Å²) in [7, 11) is 0. The number of aryl methyl sites for hydroxylation is 1. The lowest BCUT2D eigenvalue weighted by atomic mass is 10.1. The van der Waals surface area contributed by atoms with Crippen molar-refractivity contribution in [3.05, 3.63) is 29.3 Å². The van der Waals surface area contributed by atoms with Crippen LogP contribution in [0.1, 0.15) is 52.2 Å². The summed E-state index contributed by atoms with van der Waals surface area (Å²) < 4.78 is 0. The van der Waals surface area contributed by atoms with E-state index in [1.165, 1.54) is 28.2 Å². The predicted octanol–water partition coefficient (Wildman–Crippen LogP) is 5.02. The Kier molecular flexibility index (Phi) is 6.41. The monoisotopic (exact) mass is 279 g/mol. The van der Waals surface area contributed by atoms with Gasteiger partial charge < -0.3 is 5.32 Å². The van der Waals surface area contributed by atoms with Gasteiger partial charge in [0.25, 0.3) is 0 Å². The molecule has 0 unspecified atom stereocenters. The number of nitrogens with one attached hydrogen (secondary N) is 1. The van der Waals surface area contributed by atoms with E-state index in [1.54, 1.807) is 0 Å². The molecule has 1 N–H and O–H groups in total. The molecule has 0 spiro atoms. The summed E-state index contributed by atoms with van der Waals surface area (Å²) in [6.45, 7) is 14.4. The van der Waals surface area contributed by atoms with Crippen LogP contribution in [-0.4, -0.2) is 11.3 Å². The molecule has 0 aliphatic rings. The number of hydrogen-bond acceptors (Lipinski definition) is 2. The van der Waals surface area contributed by atoms with Crippen molar-refractivity contribution in [2.75, 3.05) is 5.75 Å². The molecule has 1 rings (SSSR count). The van der Waals surface area contributed by atoms with Crippen LogP contribution in [0.4, 0.5) is 0 Å². The molecular formula is C17H29NS. The second kappa shape index (κ2) is 7.35. The summed E-state index contributed by atoms with van der Waals surface area (Å²) in [5.74, 6) is 2.01. The van der Waals surface area contributed by atoms with Gasteiger partial charge in [-0.05, 0) is 69.0 Å². The molecule has 0 saturated heterocycles. The third kappa shape index (κ3) is 7.03. The molecule has 0 radical (unpaired) electrons. The zero-order chi connectivity index (χ0) is 14.5. The Hall–Kier alpha value is -0.470. The third-order valence-corrected chi connectivity index (χ3v) is 4.11. The minimum absolute atomic E-state index is 0.178. The highest BCUT2D eigenvalue weighted by Gasteiger charge is 2.09. The van der Waals surface area contributed by atoms with Gasteiger partial charge in [0.05, 0.1) is 0 Å². The highest BCUT2D eigenvalue weighted by atomic mass is 32.2. The fraction of sp³-hybridized carbons (Fsp3) is 0.647. The second-order valence-corrected chi connectivity index (χ2v) is 7.89. The van der Waals surface area contributed by atoms with Crippen molar-refractivity contribution in [2.45, 2.75) is 64.9 Å². The lowest BCUT2D eigenvalue weighted by molar-refractivity contribution is 0.424. The first kappa shape index (κ1) is 16.6. The summed E-state index contributed by atoms with van der Waals surface area (Å²) in [5.41, 5.74) is 2.98. The minimum Gasteiger partial charge on any atom is -0.308 e. The van der Waals surface area contributed by atoms with Crippen LogP contribution in [0.15, 0.2) is 23.1 Å². The summed E-state index contributed by atoms with van der Waals surface area (Å²) in [6, 6.07) is 6.86. The van der Waals surface area contributed by atoms with Crippen LogP contribution >= 0.6 is 11.8 Å². The molecule has 0 atom stereocenters. The van der Waals surface area contributed by atoms with E-state index in [-0.39, 0.29) is 5.54 Å². The van der Waals surface area contributed by atoms with Gasteiger partial charge in [0.1, 0.15) is 0 Å². The highest BCUT2D eigenvalue weighted by Crippen LogP contribution is 2.23. The van der Waals surface area contributed by atoms with Crippen LogP contribution in [0.25, 0.3) is 0 Å². The van der Waals surface area contributed by atoms with E-state index in [1.807, 2.05) is 11.8 Å². The lowest BCUT2D eigenvalue weighted by Crippen LogP contribution is -2.35. The lowest BCUT2D eigenvalue weighted by Gasteiger charge is -2.21. The first-order valence-electron chi connectivity index (χ1n) is 7.25. The van der Waals surface area contributed by atoms with E-state index in [9.17, 15) is 0 Å². The van der Waals surface area contributed by atoms with Gasteiger partial charge in [-0.3, -0.25) is 0 Å². The van der Waals surface area contributed by atoms with E-state index in [0.29, 0.717) is 0 Å². The van der Waals surface area contributed by atoms with Gasteiger partial charge in [0.15, 0.2) is 0 Å². The van der Waals surface area contributed by atoms with Crippen molar-refractivity contribution in [1.29, 1.82) is 0 Å². The first-order chi connectivity index (χ1) is 8.78. The molecule has 0 amide bonds. The van der Waals surface area contributed by atoms with Crippen molar-refractivity contribution in [3.8, 4) is 0 Å². The molecule has 19 heavy (non-hydrogen) atoms.